The summed E-state index contributed by atoms with van der Waals surface area (Å²) in [4.78, 5) is 22.5. The summed E-state index contributed by atoms with van der Waals surface area (Å²) in [5, 5.41) is 24.5. The van der Waals surface area contributed by atoms with Crippen LogP contribution in [0.15, 0.2) is 46.0 Å². The van der Waals surface area contributed by atoms with Gasteiger partial charge in [-0.25, -0.2) is 5.43 Å². The van der Waals surface area contributed by atoms with Gasteiger partial charge in [0.15, 0.2) is 5.75 Å². The quantitative estimate of drug-likeness (QED) is 0.460. The van der Waals surface area contributed by atoms with Crippen molar-refractivity contribution in [3.63, 3.8) is 0 Å². The number of carbonyl (C=O) groups is 1. The largest absolute Gasteiger partial charge is 0.504 e. The van der Waals surface area contributed by atoms with Crippen LogP contribution in [-0.4, -0.2) is 29.3 Å². The Kier molecular flexibility index (Phi) is 5.48. The van der Waals surface area contributed by atoms with Crippen LogP contribution in [0.2, 0.25) is 0 Å². The first-order valence-electron chi connectivity index (χ1n) is 6.58. The van der Waals surface area contributed by atoms with E-state index in [1.54, 1.807) is 24.3 Å². The standard InChI is InChI=1S/C15H12BrN3O5/c1-24-14-12(20)7-6-9(13(14)19(22)23)8-17-18-15(21)10-4-2-3-5-11(10)16/h2-8,20H,1H3,(H,18,21). The number of benzene rings is 2. The Balaban J connectivity index is 2.25. The highest BCUT2D eigenvalue weighted by atomic mass is 79.9. The number of nitro groups is 1. The third-order valence-corrected chi connectivity index (χ3v) is 3.71. The van der Waals surface area contributed by atoms with Gasteiger partial charge in [-0.1, -0.05) is 12.1 Å². The smallest absolute Gasteiger partial charge is 0.323 e. The maximum Gasteiger partial charge on any atom is 0.323 e. The molecule has 2 N–H and O–H groups in total. The van der Waals surface area contributed by atoms with Crippen molar-refractivity contribution in [2.24, 2.45) is 5.10 Å². The zero-order chi connectivity index (χ0) is 17.7. The van der Waals surface area contributed by atoms with Gasteiger partial charge in [0, 0.05) is 4.47 Å². The van der Waals surface area contributed by atoms with Crippen molar-refractivity contribution < 1.29 is 19.6 Å². The predicted octanol–water partition coefficient (Wildman–Crippen LogP) is 2.84. The van der Waals surface area contributed by atoms with E-state index in [4.69, 9.17) is 4.74 Å². The van der Waals surface area contributed by atoms with E-state index in [2.05, 4.69) is 26.5 Å². The number of amides is 1. The Morgan fingerprint density at radius 3 is 2.71 bits per heavy atom. The number of halogens is 1. The number of hydrogen-bond donors (Lipinski definition) is 2. The van der Waals surface area contributed by atoms with Crippen LogP contribution in [0, 0.1) is 10.1 Å². The summed E-state index contributed by atoms with van der Waals surface area (Å²) in [7, 11) is 1.21. The molecule has 0 fully saturated rings. The molecular weight excluding hydrogens is 382 g/mol. The van der Waals surface area contributed by atoms with Gasteiger partial charge < -0.3 is 9.84 Å². The molecule has 0 aliphatic rings. The van der Waals surface area contributed by atoms with Gasteiger partial charge in [-0.15, -0.1) is 0 Å². The van der Waals surface area contributed by atoms with Gasteiger partial charge in [-0.2, -0.15) is 5.10 Å². The number of ether oxygens (including phenoxy) is 1. The van der Waals surface area contributed by atoms with Gasteiger partial charge in [0.25, 0.3) is 5.91 Å². The minimum atomic E-state index is -0.699. The van der Waals surface area contributed by atoms with Crippen molar-refractivity contribution in [2.45, 2.75) is 0 Å². The van der Waals surface area contributed by atoms with E-state index in [0.717, 1.165) is 6.21 Å². The van der Waals surface area contributed by atoms with Crippen LogP contribution in [0.3, 0.4) is 0 Å². The number of hydrazone groups is 1. The van der Waals surface area contributed by atoms with Crippen molar-refractivity contribution in [3.05, 3.63) is 62.1 Å². The maximum atomic E-state index is 12.0. The van der Waals surface area contributed by atoms with Crippen molar-refractivity contribution in [1.82, 2.24) is 5.43 Å². The Hall–Kier alpha value is -2.94. The monoisotopic (exact) mass is 393 g/mol. The molecule has 1 amide bonds. The van der Waals surface area contributed by atoms with Gasteiger partial charge >= 0.3 is 5.69 Å². The van der Waals surface area contributed by atoms with E-state index in [0.29, 0.717) is 10.0 Å². The van der Waals surface area contributed by atoms with Crippen molar-refractivity contribution in [2.75, 3.05) is 7.11 Å². The fourth-order valence-corrected chi connectivity index (χ4v) is 2.40. The van der Waals surface area contributed by atoms with Gasteiger partial charge in [0.1, 0.15) is 0 Å². The van der Waals surface area contributed by atoms with E-state index >= 15 is 0 Å². The first-order valence-corrected chi connectivity index (χ1v) is 7.37. The second-order valence-electron chi connectivity index (χ2n) is 4.49. The van der Waals surface area contributed by atoms with Gasteiger partial charge in [0.2, 0.25) is 5.75 Å². The third kappa shape index (κ3) is 3.69. The molecule has 0 radical (unpaired) electrons. The minimum absolute atomic E-state index is 0.0714. The highest BCUT2D eigenvalue weighted by Gasteiger charge is 2.23. The molecule has 9 heteroatoms. The number of nitrogens with one attached hydrogen (secondary N) is 1. The highest BCUT2D eigenvalue weighted by Crippen LogP contribution is 2.37. The number of phenolic OH excluding ortho intramolecular Hbond substituents is 1. The molecule has 0 unspecified atom stereocenters. The lowest BCUT2D eigenvalue weighted by atomic mass is 10.1. The molecule has 8 nitrogen and oxygen atoms in total. The van der Waals surface area contributed by atoms with E-state index in [-0.39, 0.29) is 17.1 Å². The van der Waals surface area contributed by atoms with Crippen molar-refractivity contribution in [1.29, 1.82) is 0 Å². The third-order valence-electron chi connectivity index (χ3n) is 3.02. The van der Waals surface area contributed by atoms with Crippen LogP contribution in [0.5, 0.6) is 11.5 Å². The van der Waals surface area contributed by atoms with Crippen LogP contribution >= 0.6 is 15.9 Å². The summed E-state index contributed by atoms with van der Waals surface area (Å²) < 4.78 is 5.44. The number of aromatic hydroxyl groups is 1. The number of phenols is 1. The molecule has 0 aliphatic heterocycles. The van der Waals surface area contributed by atoms with Crippen LogP contribution in [-0.2, 0) is 0 Å². The fraction of sp³-hybridized carbons (Fsp3) is 0.0667. The Morgan fingerprint density at radius 1 is 1.38 bits per heavy atom. The molecule has 0 bridgehead atoms. The molecule has 0 atom stereocenters. The van der Waals surface area contributed by atoms with E-state index < -0.39 is 16.5 Å². The molecule has 0 spiro atoms. The lowest BCUT2D eigenvalue weighted by molar-refractivity contribution is -0.386. The molecule has 0 saturated carbocycles. The molecule has 2 aromatic carbocycles. The zero-order valence-corrected chi connectivity index (χ0v) is 14.0. The van der Waals surface area contributed by atoms with Crippen LogP contribution in [0.1, 0.15) is 15.9 Å². The van der Waals surface area contributed by atoms with Gasteiger partial charge in [-0.3, -0.25) is 14.9 Å². The number of hydrogen-bond acceptors (Lipinski definition) is 6. The van der Waals surface area contributed by atoms with E-state index in [9.17, 15) is 20.0 Å². The maximum absolute atomic E-state index is 12.0. The molecular formula is C15H12BrN3O5. The first-order chi connectivity index (χ1) is 11.5. The number of nitrogens with zero attached hydrogens (tertiary/aromatic N) is 2. The summed E-state index contributed by atoms with van der Waals surface area (Å²) in [6.45, 7) is 0. The Labute approximate surface area is 145 Å². The van der Waals surface area contributed by atoms with Crippen molar-refractivity contribution >= 4 is 33.7 Å². The summed E-state index contributed by atoms with van der Waals surface area (Å²) in [6.07, 6.45) is 1.11. The Bertz CT molecular complexity index is 823. The highest BCUT2D eigenvalue weighted by molar-refractivity contribution is 9.10. The molecule has 0 aliphatic carbocycles. The van der Waals surface area contributed by atoms with Gasteiger partial charge in [0.05, 0.1) is 29.4 Å². The number of rotatable bonds is 5. The van der Waals surface area contributed by atoms with E-state index in [1.807, 2.05) is 0 Å². The molecule has 0 heterocycles. The summed E-state index contributed by atoms with van der Waals surface area (Å²) in [6, 6.07) is 9.29. The molecule has 2 aromatic rings. The molecule has 124 valence electrons. The molecule has 24 heavy (non-hydrogen) atoms. The lowest BCUT2D eigenvalue weighted by Gasteiger charge is -2.06. The van der Waals surface area contributed by atoms with E-state index in [1.165, 1.54) is 19.2 Å². The SMILES string of the molecule is COc1c(O)ccc(C=NNC(=O)c2ccccc2Br)c1[N+](=O)[O-]. The summed E-state index contributed by atoms with van der Waals surface area (Å²) >= 11 is 3.24. The molecule has 2 rings (SSSR count). The molecule has 0 saturated heterocycles. The second-order valence-corrected chi connectivity index (χ2v) is 5.35. The second kappa shape index (κ2) is 7.55. The normalized spacial score (nSPS) is 10.6. The lowest BCUT2D eigenvalue weighted by Crippen LogP contribution is -2.18. The minimum Gasteiger partial charge on any atom is -0.504 e. The van der Waals surface area contributed by atoms with Crippen LogP contribution in [0.25, 0.3) is 0 Å². The predicted molar refractivity (Wildman–Crippen MR) is 90.5 cm³/mol. The Morgan fingerprint density at radius 2 is 2.08 bits per heavy atom. The number of methoxy groups -OCH3 is 1. The summed E-state index contributed by atoms with van der Waals surface area (Å²) in [5.41, 5.74) is 2.27. The number of nitro benzene ring substituents is 1. The van der Waals surface area contributed by atoms with Crippen LogP contribution < -0.4 is 10.2 Å². The zero-order valence-electron chi connectivity index (χ0n) is 12.4. The average molecular weight is 394 g/mol. The first kappa shape index (κ1) is 17.4. The molecule has 0 aromatic heterocycles. The average Bonchev–Trinajstić information content (AvgIpc) is 2.55. The van der Waals surface area contributed by atoms with Crippen LogP contribution in [0.4, 0.5) is 5.69 Å². The van der Waals surface area contributed by atoms with Gasteiger partial charge in [-0.05, 0) is 40.2 Å². The topological polar surface area (TPSA) is 114 Å². The van der Waals surface area contributed by atoms with Crippen molar-refractivity contribution in [3.8, 4) is 11.5 Å². The fourth-order valence-electron chi connectivity index (χ4n) is 1.94. The number of carbonyl (C=O) groups excluding carboxylic acids is 1. The summed E-state index contributed by atoms with van der Waals surface area (Å²) in [5.74, 6) is -1.12.